The van der Waals surface area contributed by atoms with Crippen LogP contribution in [0.15, 0.2) is 189 Å². The van der Waals surface area contributed by atoms with Crippen molar-refractivity contribution in [3.8, 4) is 45.3 Å². The first-order valence-corrected chi connectivity index (χ1v) is 19.7. The van der Waals surface area contributed by atoms with E-state index >= 15 is 0 Å². The Morgan fingerprint density at radius 3 is 1.39 bits per heavy atom. The summed E-state index contributed by atoms with van der Waals surface area (Å²) in [5.41, 5.74) is 9.56. The zero-order valence-electron chi connectivity index (χ0n) is 31.3. The van der Waals surface area contributed by atoms with Crippen molar-refractivity contribution in [1.29, 1.82) is 0 Å². The molecule has 13 aromatic rings. The summed E-state index contributed by atoms with van der Waals surface area (Å²) in [4.78, 5) is 16.3. The summed E-state index contributed by atoms with van der Waals surface area (Å²) >= 11 is 0. The SMILES string of the molecule is c1ccc(-c2ccc3oc4cccc(-c5nc(-c6cc7ccccc7c7oc8ccccc8c67)nc(-c6cc7ccccc7c7oc8ccccc8c67)n5)c4c3c2)cc1. The summed E-state index contributed by atoms with van der Waals surface area (Å²) < 4.78 is 19.8. The molecule has 0 unspecified atom stereocenters. The summed E-state index contributed by atoms with van der Waals surface area (Å²) in [6.07, 6.45) is 0. The maximum absolute atomic E-state index is 6.65. The molecule has 0 bridgehead atoms. The minimum Gasteiger partial charge on any atom is -0.456 e. The summed E-state index contributed by atoms with van der Waals surface area (Å²) in [5, 5.41) is 9.96. The van der Waals surface area contributed by atoms with Crippen LogP contribution in [0, 0.1) is 0 Å². The van der Waals surface area contributed by atoms with Crippen LogP contribution in [0.3, 0.4) is 0 Å². The molecule has 0 radical (unpaired) electrons. The molecular formula is C53H29N3O3. The van der Waals surface area contributed by atoms with Crippen LogP contribution in [0.25, 0.3) is 133 Å². The van der Waals surface area contributed by atoms with E-state index in [1.807, 2.05) is 66.7 Å². The number of furan rings is 3. The third-order valence-electron chi connectivity index (χ3n) is 11.7. The summed E-state index contributed by atoms with van der Waals surface area (Å²) in [6, 6.07) is 60.3. The first-order valence-electron chi connectivity index (χ1n) is 19.7. The molecule has 59 heavy (non-hydrogen) atoms. The van der Waals surface area contributed by atoms with E-state index in [0.717, 1.165) is 115 Å². The van der Waals surface area contributed by atoms with Gasteiger partial charge in [-0.05, 0) is 64.4 Å². The molecule has 4 heterocycles. The predicted octanol–water partition coefficient (Wildman–Crippen LogP) is 14.5. The molecule has 0 aliphatic heterocycles. The standard InChI is InChI=1S/C53H29N3O3/c1-2-13-30(14-3-1)31-25-26-44-39(27-31)46-38(21-12-24-45(46)57-44)51-54-52(40-28-32-15-4-6-17-34(32)49-47(40)36-19-8-10-22-42(36)58-49)56-53(55-51)41-29-33-16-5-7-18-35(33)50-48(41)37-20-9-11-23-43(37)59-50/h1-29H. The number of fused-ring (bicyclic) bond motifs is 13. The molecule has 274 valence electrons. The number of para-hydroxylation sites is 2. The number of rotatable bonds is 4. The van der Waals surface area contributed by atoms with Crippen molar-refractivity contribution in [1.82, 2.24) is 15.0 Å². The van der Waals surface area contributed by atoms with Gasteiger partial charge in [0.15, 0.2) is 17.5 Å². The fourth-order valence-corrected chi connectivity index (χ4v) is 9.03. The molecular weight excluding hydrogens is 727 g/mol. The normalized spacial score (nSPS) is 12.1. The Bertz CT molecular complexity index is 3690. The minimum absolute atomic E-state index is 0.534. The van der Waals surface area contributed by atoms with E-state index in [1.165, 1.54) is 0 Å². The Kier molecular flexibility index (Phi) is 6.63. The maximum Gasteiger partial charge on any atom is 0.164 e. The molecule has 0 saturated carbocycles. The second-order valence-corrected chi connectivity index (χ2v) is 15.1. The zero-order valence-corrected chi connectivity index (χ0v) is 31.3. The molecule has 0 amide bonds. The van der Waals surface area contributed by atoms with Crippen molar-refractivity contribution in [2.45, 2.75) is 0 Å². The Morgan fingerprint density at radius 2 is 0.780 bits per heavy atom. The monoisotopic (exact) mass is 755 g/mol. The van der Waals surface area contributed by atoms with Gasteiger partial charge in [-0.3, -0.25) is 0 Å². The average molecular weight is 756 g/mol. The first kappa shape index (κ1) is 32.0. The molecule has 0 aliphatic rings. The average Bonchev–Trinajstić information content (AvgIpc) is 4.01. The molecule has 0 fully saturated rings. The summed E-state index contributed by atoms with van der Waals surface area (Å²) in [5.74, 6) is 1.61. The number of nitrogens with zero attached hydrogens (tertiary/aromatic N) is 3. The van der Waals surface area contributed by atoms with Crippen molar-refractivity contribution >= 4 is 87.4 Å². The molecule has 6 nitrogen and oxygen atoms in total. The van der Waals surface area contributed by atoms with E-state index in [4.69, 9.17) is 28.2 Å². The van der Waals surface area contributed by atoms with Crippen LogP contribution >= 0.6 is 0 Å². The van der Waals surface area contributed by atoms with Crippen molar-refractivity contribution in [3.63, 3.8) is 0 Å². The highest BCUT2D eigenvalue weighted by atomic mass is 16.3. The van der Waals surface area contributed by atoms with Gasteiger partial charge in [-0.25, -0.2) is 15.0 Å². The second-order valence-electron chi connectivity index (χ2n) is 15.1. The third kappa shape index (κ3) is 4.77. The lowest BCUT2D eigenvalue weighted by Gasteiger charge is -2.12. The molecule has 9 aromatic carbocycles. The fraction of sp³-hybridized carbons (Fsp3) is 0. The Labute approximate surface area is 335 Å². The van der Waals surface area contributed by atoms with Crippen molar-refractivity contribution in [3.05, 3.63) is 176 Å². The molecule has 4 aromatic heterocycles. The van der Waals surface area contributed by atoms with Crippen LogP contribution in [0.1, 0.15) is 0 Å². The van der Waals surface area contributed by atoms with Crippen molar-refractivity contribution in [2.24, 2.45) is 0 Å². The molecule has 0 spiro atoms. The van der Waals surface area contributed by atoms with Gasteiger partial charge in [0.2, 0.25) is 0 Å². The molecule has 6 heteroatoms. The summed E-state index contributed by atoms with van der Waals surface area (Å²) in [6.45, 7) is 0. The highest BCUT2D eigenvalue weighted by Crippen LogP contribution is 2.45. The van der Waals surface area contributed by atoms with Crippen LogP contribution in [0.5, 0.6) is 0 Å². The van der Waals surface area contributed by atoms with E-state index in [1.54, 1.807) is 0 Å². The maximum atomic E-state index is 6.65. The van der Waals surface area contributed by atoms with E-state index in [9.17, 15) is 0 Å². The Balaban J connectivity index is 1.17. The number of hydrogen-bond donors (Lipinski definition) is 0. The lowest BCUT2D eigenvalue weighted by Crippen LogP contribution is -2.01. The first-order chi connectivity index (χ1) is 29.2. The second kappa shape index (κ2) is 12.2. The highest BCUT2D eigenvalue weighted by molar-refractivity contribution is 6.22. The number of hydrogen-bond acceptors (Lipinski definition) is 6. The van der Waals surface area contributed by atoms with Gasteiger partial charge in [-0.2, -0.15) is 0 Å². The number of aromatic nitrogens is 3. The topological polar surface area (TPSA) is 78.1 Å². The molecule has 0 atom stereocenters. The van der Waals surface area contributed by atoms with Gasteiger partial charge in [0.25, 0.3) is 0 Å². The Hall–Kier alpha value is -8.09. The molecule has 13 rings (SSSR count). The van der Waals surface area contributed by atoms with Gasteiger partial charge in [-0.1, -0.05) is 133 Å². The lowest BCUT2D eigenvalue weighted by atomic mass is 9.98. The Morgan fingerprint density at radius 1 is 0.288 bits per heavy atom. The lowest BCUT2D eigenvalue weighted by molar-refractivity contribution is 0.669. The zero-order chi connectivity index (χ0) is 38.6. The largest absolute Gasteiger partial charge is 0.456 e. The third-order valence-corrected chi connectivity index (χ3v) is 11.7. The van der Waals surface area contributed by atoms with Crippen LogP contribution in [-0.4, -0.2) is 15.0 Å². The van der Waals surface area contributed by atoms with Crippen LogP contribution in [0.2, 0.25) is 0 Å². The fourth-order valence-electron chi connectivity index (χ4n) is 9.03. The summed E-state index contributed by atoms with van der Waals surface area (Å²) in [7, 11) is 0. The van der Waals surface area contributed by atoms with Crippen LogP contribution in [-0.2, 0) is 0 Å². The van der Waals surface area contributed by atoms with E-state index in [-0.39, 0.29) is 0 Å². The van der Waals surface area contributed by atoms with Crippen LogP contribution < -0.4 is 0 Å². The molecule has 0 aliphatic carbocycles. The highest BCUT2D eigenvalue weighted by Gasteiger charge is 2.24. The quantitative estimate of drug-likeness (QED) is 0.178. The molecule has 0 N–H and O–H groups in total. The van der Waals surface area contributed by atoms with Crippen molar-refractivity contribution < 1.29 is 13.3 Å². The van der Waals surface area contributed by atoms with Crippen molar-refractivity contribution in [2.75, 3.05) is 0 Å². The van der Waals surface area contributed by atoms with Gasteiger partial charge in [-0.15, -0.1) is 0 Å². The minimum atomic E-state index is 0.534. The smallest absolute Gasteiger partial charge is 0.164 e. The van der Waals surface area contributed by atoms with Gasteiger partial charge in [0.1, 0.15) is 33.5 Å². The van der Waals surface area contributed by atoms with Gasteiger partial charge >= 0.3 is 0 Å². The van der Waals surface area contributed by atoms with E-state index < -0.39 is 0 Å². The van der Waals surface area contributed by atoms with Crippen LogP contribution in [0.4, 0.5) is 0 Å². The molecule has 0 saturated heterocycles. The van der Waals surface area contributed by atoms with E-state index in [2.05, 4.69) is 109 Å². The van der Waals surface area contributed by atoms with Gasteiger partial charge in [0, 0.05) is 59.8 Å². The van der Waals surface area contributed by atoms with Gasteiger partial charge < -0.3 is 13.3 Å². The predicted molar refractivity (Wildman–Crippen MR) is 238 cm³/mol. The van der Waals surface area contributed by atoms with E-state index in [0.29, 0.717) is 17.5 Å². The number of benzene rings is 9. The van der Waals surface area contributed by atoms with Gasteiger partial charge in [0.05, 0.1) is 0 Å².